The maximum absolute atomic E-state index is 13.0. The van der Waals surface area contributed by atoms with Gasteiger partial charge >= 0.3 is 6.03 Å². The summed E-state index contributed by atoms with van der Waals surface area (Å²) in [6.07, 6.45) is 2.09. The molecule has 8 nitrogen and oxygen atoms in total. The van der Waals surface area contributed by atoms with Gasteiger partial charge in [0.15, 0.2) is 0 Å². The number of rotatable bonds is 6. The van der Waals surface area contributed by atoms with E-state index in [0.29, 0.717) is 25.5 Å². The van der Waals surface area contributed by atoms with Gasteiger partial charge in [0.05, 0.1) is 42.9 Å². The second kappa shape index (κ2) is 8.23. The van der Waals surface area contributed by atoms with Crippen molar-refractivity contribution in [3.05, 3.63) is 53.3 Å². The van der Waals surface area contributed by atoms with Crippen LogP contribution >= 0.6 is 0 Å². The van der Waals surface area contributed by atoms with Crippen molar-refractivity contribution in [1.82, 2.24) is 20.2 Å². The van der Waals surface area contributed by atoms with E-state index in [1.54, 1.807) is 11.1 Å². The average molecular weight is 380 g/mol. The van der Waals surface area contributed by atoms with Crippen LogP contribution in [0.1, 0.15) is 43.1 Å². The number of urea groups is 1. The number of aliphatic hydroxyl groups excluding tert-OH is 1. The van der Waals surface area contributed by atoms with Gasteiger partial charge in [-0.3, -0.25) is 0 Å². The number of fused-ring (bicyclic) bond motifs is 1. The number of nitriles is 1. The highest BCUT2D eigenvalue weighted by molar-refractivity contribution is 5.77. The highest BCUT2D eigenvalue weighted by Crippen LogP contribution is 2.38. The zero-order valence-corrected chi connectivity index (χ0v) is 16.0. The summed E-state index contributed by atoms with van der Waals surface area (Å²) in [5, 5.41) is 24.3. The molecule has 1 aliphatic heterocycles. The molecule has 2 aromatic rings. The van der Waals surface area contributed by atoms with Gasteiger partial charge in [-0.1, -0.05) is 30.3 Å². The molecule has 1 atom stereocenters. The van der Waals surface area contributed by atoms with Gasteiger partial charge in [-0.2, -0.15) is 5.26 Å². The van der Waals surface area contributed by atoms with Crippen molar-refractivity contribution in [2.45, 2.75) is 38.4 Å². The molecule has 0 fully saturated rings. The van der Waals surface area contributed by atoms with Crippen molar-refractivity contribution in [3.63, 3.8) is 0 Å². The molecule has 0 saturated carbocycles. The van der Waals surface area contributed by atoms with E-state index in [4.69, 9.17) is 5.26 Å². The predicted octanol–water partition coefficient (Wildman–Crippen LogP) is 2.30. The lowest BCUT2D eigenvalue weighted by atomic mass is 9.97. The van der Waals surface area contributed by atoms with E-state index in [9.17, 15) is 9.90 Å². The molecule has 0 radical (unpaired) electrons. The number of hydrogen-bond acceptors (Lipinski definition) is 6. The molecule has 3 rings (SSSR count). The minimum Gasteiger partial charge on any atom is -0.394 e. The van der Waals surface area contributed by atoms with Crippen LogP contribution in [0.15, 0.2) is 36.5 Å². The van der Waals surface area contributed by atoms with Crippen molar-refractivity contribution < 1.29 is 9.90 Å². The second-order valence-electron chi connectivity index (χ2n) is 7.13. The van der Waals surface area contributed by atoms with Crippen molar-refractivity contribution in [2.24, 2.45) is 0 Å². The Bertz CT molecular complexity index is 878. The molecule has 0 spiro atoms. The molecule has 1 unspecified atom stereocenters. The van der Waals surface area contributed by atoms with E-state index in [1.807, 2.05) is 44.2 Å². The van der Waals surface area contributed by atoms with Crippen molar-refractivity contribution in [2.75, 3.05) is 18.5 Å². The summed E-state index contributed by atoms with van der Waals surface area (Å²) >= 11 is 0. The Morgan fingerprint density at radius 2 is 2.14 bits per heavy atom. The molecule has 0 aliphatic carbocycles. The minimum absolute atomic E-state index is 0.191. The maximum atomic E-state index is 13.0. The van der Waals surface area contributed by atoms with Gasteiger partial charge in [0, 0.05) is 18.3 Å². The van der Waals surface area contributed by atoms with Crippen LogP contribution in [0.2, 0.25) is 0 Å². The largest absolute Gasteiger partial charge is 0.394 e. The lowest BCUT2D eigenvalue weighted by molar-refractivity contribution is 0.136. The monoisotopic (exact) mass is 380 g/mol. The topological polar surface area (TPSA) is 114 Å². The lowest BCUT2D eigenvalue weighted by Crippen LogP contribution is -2.47. The number of benzene rings is 1. The van der Waals surface area contributed by atoms with Crippen LogP contribution in [0.4, 0.5) is 10.7 Å². The predicted molar refractivity (Wildman–Crippen MR) is 104 cm³/mol. The lowest BCUT2D eigenvalue weighted by Gasteiger charge is -2.33. The second-order valence-corrected chi connectivity index (χ2v) is 7.13. The molecule has 0 bridgehead atoms. The fraction of sp³-hybridized carbons (Fsp3) is 0.400. The summed E-state index contributed by atoms with van der Waals surface area (Å²) in [7, 11) is 0. The van der Waals surface area contributed by atoms with E-state index in [1.165, 1.54) is 0 Å². The number of nitrogens with one attached hydrogen (secondary N) is 2. The van der Waals surface area contributed by atoms with E-state index in [-0.39, 0.29) is 12.6 Å². The highest BCUT2D eigenvalue weighted by atomic mass is 16.3. The Morgan fingerprint density at radius 3 is 2.82 bits per heavy atom. The van der Waals surface area contributed by atoms with Crippen LogP contribution in [0, 0.1) is 11.3 Å². The Kier molecular flexibility index (Phi) is 5.76. The molecule has 1 aromatic carbocycles. The third-order valence-electron chi connectivity index (χ3n) is 4.96. The Labute approximate surface area is 164 Å². The number of carbonyl (C=O) groups excluding carboxylic acids is 1. The first-order valence-corrected chi connectivity index (χ1v) is 9.18. The summed E-state index contributed by atoms with van der Waals surface area (Å²) < 4.78 is 0. The van der Waals surface area contributed by atoms with Gasteiger partial charge in [-0.05, 0) is 19.4 Å². The SMILES string of the molecule is CC1(C)c2cnc(NCCC#N)nc2CN1C(=O)NC(CO)c1ccccc1. The maximum Gasteiger partial charge on any atom is 0.319 e. The fourth-order valence-corrected chi connectivity index (χ4v) is 3.33. The summed E-state index contributed by atoms with van der Waals surface area (Å²) in [6.45, 7) is 4.51. The number of anilines is 1. The summed E-state index contributed by atoms with van der Waals surface area (Å²) in [6, 6.07) is 10.7. The summed E-state index contributed by atoms with van der Waals surface area (Å²) in [4.78, 5) is 23.5. The smallest absolute Gasteiger partial charge is 0.319 e. The van der Waals surface area contributed by atoms with Crippen LogP contribution in [0.25, 0.3) is 0 Å². The Hall–Kier alpha value is -3.18. The first-order chi connectivity index (χ1) is 13.5. The van der Waals surface area contributed by atoms with Crippen LogP contribution in [0.5, 0.6) is 0 Å². The van der Waals surface area contributed by atoms with Crippen LogP contribution in [0.3, 0.4) is 0 Å². The van der Waals surface area contributed by atoms with Gasteiger partial charge in [0.1, 0.15) is 0 Å². The van der Waals surface area contributed by atoms with E-state index < -0.39 is 11.6 Å². The molecule has 1 aliphatic rings. The zero-order chi connectivity index (χ0) is 20.1. The molecule has 146 valence electrons. The molecule has 2 amide bonds. The number of aromatic nitrogens is 2. The average Bonchev–Trinajstić information content (AvgIpc) is 2.97. The minimum atomic E-state index is -0.582. The molecule has 0 saturated heterocycles. The van der Waals surface area contributed by atoms with Crippen molar-refractivity contribution >= 4 is 12.0 Å². The van der Waals surface area contributed by atoms with Crippen LogP contribution in [-0.4, -0.2) is 39.2 Å². The van der Waals surface area contributed by atoms with Crippen molar-refractivity contribution in [3.8, 4) is 6.07 Å². The van der Waals surface area contributed by atoms with Crippen LogP contribution < -0.4 is 10.6 Å². The van der Waals surface area contributed by atoms with E-state index >= 15 is 0 Å². The summed E-state index contributed by atoms with van der Waals surface area (Å²) in [5.41, 5.74) is 1.92. The number of aliphatic hydroxyl groups is 1. The van der Waals surface area contributed by atoms with E-state index in [2.05, 4.69) is 26.7 Å². The third-order valence-corrected chi connectivity index (χ3v) is 4.96. The number of hydrogen-bond donors (Lipinski definition) is 3. The number of amides is 2. The third kappa shape index (κ3) is 3.89. The van der Waals surface area contributed by atoms with Gasteiger partial charge in [-0.15, -0.1) is 0 Å². The van der Waals surface area contributed by atoms with E-state index in [0.717, 1.165) is 16.8 Å². The van der Waals surface area contributed by atoms with Crippen LogP contribution in [-0.2, 0) is 12.1 Å². The Morgan fingerprint density at radius 1 is 1.39 bits per heavy atom. The summed E-state index contributed by atoms with van der Waals surface area (Å²) in [5.74, 6) is 0.449. The van der Waals surface area contributed by atoms with Gasteiger partial charge in [0.2, 0.25) is 5.95 Å². The molecule has 2 heterocycles. The Balaban J connectivity index is 1.75. The van der Waals surface area contributed by atoms with Gasteiger partial charge < -0.3 is 20.6 Å². The molecule has 8 heteroatoms. The first kappa shape index (κ1) is 19.6. The molecule has 28 heavy (non-hydrogen) atoms. The fourth-order valence-electron chi connectivity index (χ4n) is 3.33. The van der Waals surface area contributed by atoms with Gasteiger partial charge in [0.25, 0.3) is 0 Å². The molecular formula is C20H24N6O2. The molecule has 1 aromatic heterocycles. The molecular weight excluding hydrogens is 356 g/mol. The number of carbonyl (C=O) groups is 1. The quantitative estimate of drug-likeness (QED) is 0.663. The first-order valence-electron chi connectivity index (χ1n) is 9.18. The van der Waals surface area contributed by atoms with Gasteiger partial charge in [-0.25, -0.2) is 14.8 Å². The standard InChI is InChI=1S/C20H24N6O2/c1-20(2)15-11-23-18(22-10-6-9-21)24-16(15)12-26(20)19(28)25-17(13-27)14-7-4-3-5-8-14/h3-5,7-8,11,17,27H,6,10,12-13H2,1-2H3,(H,25,28)(H,22,23,24). The molecule has 3 N–H and O–H groups in total. The zero-order valence-electron chi connectivity index (χ0n) is 16.0. The number of nitrogens with zero attached hydrogens (tertiary/aromatic N) is 4. The van der Waals surface area contributed by atoms with Crippen molar-refractivity contribution in [1.29, 1.82) is 5.26 Å². The normalized spacial score (nSPS) is 15.4. The highest BCUT2D eigenvalue weighted by Gasteiger charge is 2.42.